The van der Waals surface area contributed by atoms with Crippen LogP contribution in [-0.4, -0.2) is 4.98 Å². The number of rotatable bonds is 3. The predicted molar refractivity (Wildman–Crippen MR) is 75.1 cm³/mol. The van der Waals surface area contributed by atoms with E-state index in [1.807, 2.05) is 26.0 Å². The molecule has 2 rings (SSSR count). The van der Waals surface area contributed by atoms with Crippen molar-refractivity contribution >= 4 is 28.6 Å². The van der Waals surface area contributed by atoms with Gasteiger partial charge < -0.3 is 5.32 Å². The number of aromatic nitrogens is 1. The van der Waals surface area contributed by atoms with Crippen LogP contribution < -0.4 is 5.32 Å². The van der Waals surface area contributed by atoms with Gasteiger partial charge in [-0.15, -0.1) is 11.3 Å². The summed E-state index contributed by atoms with van der Waals surface area (Å²) in [6, 6.07) is 5.92. The second kappa shape index (κ2) is 5.07. The average molecular weight is 267 g/mol. The molecular weight excluding hydrogens is 252 g/mol. The van der Waals surface area contributed by atoms with Gasteiger partial charge in [0.1, 0.15) is 0 Å². The van der Waals surface area contributed by atoms with E-state index in [-0.39, 0.29) is 0 Å². The van der Waals surface area contributed by atoms with Gasteiger partial charge >= 0.3 is 0 Å². The zero-order valence-electron chi connectivity index (χ0n) is 10.2. The number of para-hydroxylation sites is 1. The molecule has 2 aromatic rings. The Bertz CT molecular complexity index is 514. The van der Waals surface area contributed by atoms with Crippen molar-refractivity contribution in [2.45, 2.75) is 27.3 Å². The molecule has 1 heterocycles. The van der Waals surface area contributed by atoms with E-state index in [0.717, 1.165) is 33.5 Å². The maximum absolute atomic E-state index is 6.17. The molecule has 0 aliphatic carbocycles. The molecule has 0 saturated carbocycles. The van der Waals surface area contributed by atoms with Crippen LogP contribution in [-0.2, 0) is 6.54 Å². The van der Waals surface area contributed by atoms with E-state index in [1.165, 1.54) is 4.88 Å². The Labute approximate surface area is 111 Å². The van der Waals surface area contributed by atoms with E-state index < -0.39 is 0 Å². The Hall–Kier alpha value is -1.06. The van der Waals surface area contributed by atoms with Crippen molar-refractivity contribution in [2.24, 2.45) is 0 Å². The SMILES string of the molecule is Cc1nc(C)c(CNc2c(C)cccc2Cl)s1. The van der Waals surface area contributed by atoms with Crippen LogP contribution >= 0.6 is 22.9 Å². The molecule has 0 amide bonds. The Balaban J connectivity index is 2.15. The second-order valence-corrected chi connectivity index (χ2v) is 5.72. The van der Waals surface area contributed by atoms with Gasteiger partial charge in [0.25, 0.3) is 0 Å². The molecule has 2 nitrogen and oxygen atoms in total. The summed E-state index contributed by atoms with van der Waals surface area (Å²) in [7, 11) is 0. The molecule has 17 heavy (non-hydrogen) atoms. The van der Waals surface area contributed by atoms with Crippen molar-refractivity contribution in [1.82, 2.24) is 4.98 Å². The zero-order chi connectivity index (χ0) is 12.4. The molecule has 0 atom stereocenters. The Kier molecular flexibility index (Phi) is 3.69. The Morgan fingerprint density at radius 1 is 1.29 bits per heavy atom. The third-order valence-electron chi connectivity index (χ3n) is 2.65. The topological polar surface area (TPSA) is 24.9 Å². The van der Waals surface area contributed by atoms with Crippen molar-refractivity contribution < 1.29 is 0 Å². The van der Waals surface area contributed by atoms with Gasteiger partial charge in [0, 0.05) is 4.88 Å². The first-order valence-electron chi connectivity index (χ1n) is 5.50. The molecule has 90 valence electrons. The molecule has 0 radical (unpaired) electrons. The van der Waals surface area contributed by atoms with Gasteiger partial charge in [-0.3, -0.25) is 0 Å². The van der Waals surface area contributed by atoms with Crippen molar-refractivity contribution in [3.63, 3.8) is 0 Å². The fourth-order valence-corrected chi connectivity index (χ4v) is 2.93. The molecule has 0 aliphatic heterocycles. The number of benzene rings is 1. The largest absolute Gasteiger partial charge is 0.379 e. The molecule has 0 saturated heterocycles. The van der Waals surface area contributed by atoms with Crippen LogP contribution in [0.5, 0.6) is 0 Å². The van der Waals surface area contributed by atoms with Crippen molar-refractivity contribution in [3.05, 3.63) is 44.4 Å². The van der Waals surface area contributed by atoms with Crippen LogP contribution in [0, 0.1) is 20.8 Å². The van der Waals surface area contributed by atoms with Gasteiger partial charge in [0.05, 0.1) is 28.0 Å². The molecule has 1 aromatic heterocycles. The summed E-state index contributed by atoms with van der Waals surface area (Å²) >= 11 is 7.89. The maximum atomic E-state index is 6.17. The quantitative estimate of drug-likeness (QED) is 0.894. The molecule has 4 heteroatoms. The normalized spacial score (nSPS) is 10.6. The summed E-state index contributed by atoms with van der Waals surface area (Å²) in [5.41, 5.74) is 3.28. The third-order valence-corrected chi connectivity index (χ3v) is 4.04. The number of halogens is 1. The number of hydrogen-bond acceptors (Lipinski definition) is 3. The molecule has 0 spiro atoms. The minimum atomic E-state index is 0.767. The number of hydrogen-bond donors (Lipinski definition) is 1. The lowest BCUT2D eigenvalue weighted by Crippen LogP contribution is -2.01. The lowest BCUT2D eigenvalue weighted by molar-refractivity contribution is 1.10. The van der Waals surface area contributed by atoms with E-state index in [0.29, 0.717) is 0 Å². The van der Waals surface area contributed by atoms with Crippen LogP contribution in [0.4, 0.5) is 5.69 Å². The van der Waals surface area contributed by atoms with E-state index in [2.05, 4.69) is 23.3 Å². The second-order valence-electron chi connectivity index (χ2n) is 4.03. The highest BCUT2D eigenvalue weighted by atomic mass is 35.5. The molecule has 1 aromatic carbocycles. The van der Waals surface area contributed by atoms with Crippen LogP contribution in [0.25, 0.3) is 0 Å². The minimum absolute atomic E-state index is 0.767. The summed E-state index contributed by atoms with van der Waals surface area (Å²) in [6.07, 6.45) is 0. The maximum Gasteiger partial charge on any atom is 0.0900 e. The standard InChI is InChI=1S/C13H15ClN2S/c1-8-5-4-6-11(14)13(8)15-7-12-9(2)16-10(3)17-12/h4-6,15H,7H2,1-3H3. The number of nitrogens with one attached hydrogen (secondary N) is 1. The van der Waals surface area contributed by atoms with Gasteiger partial charge in [-0.1, -0.05) is 23.7 Å². The Morgan fingerprint density at radius 2 is 2.06 bits per heavy atom. The van der Waals surface area contributed by atoms with Crippen LogP contribution in [0.15, 0.2) is 18.2 Å². The van der Waals surface area contributed by atoms with Gasteiger partial charge in [0.2, 0.25) is 0 Å². The van der Waals surface area contributed by atoms with Gasteiger partial charge in [-0.25, -0.2) is 4.98 Å². The molecule has 0 aliphatic rings. The zero-order valence-corrected chi connectivity index (χ0v) is 11.7. The van der Waals surface area contributed by atoms with Crippen molar-refractivity contribution in [3.8, 4) is 0 Å². The first kappa shape index (κ1) is 12.4. The van der Waals surface area contributed by atoms with Gasteiger partial charge in [-0.2, -0.15) is 0 Å². The smallest absolute Gasteiger partial charge is 0.0900 e. The molecule has 0 fully saturated rings. The average Bonchev–Trinajstić information content (AvgIpc) is 2.57. The summed E-state index contributed by atoms with van der Waals surface area (Å²) in [5.74, 6) is 0. The van der Waals surface area contributed by atoms with Crippen LogP contribution in [0.1, 0.15) is 21.1 Å². The summed E-state index contributed by atoms with van der Waals surface area (Å²) < 4.78 is 0. The molecule has 0 bridgehead atoms. The highest BCUT2D eigenvalue weighted by Crippen LogP contribution is 2.27. The highest BCUT2D eigenvalue weighted by molar-refractivity contribution is 7.11. The highest BCUT2D eigenvalue weighted by Gasteiger charge is 2.07. The number of anilines is 1. The summed E-state index contributed by atoms with van der Waals surface area (Å²) in [4.78, 5) is 5.68. The fraction of sp³-hybridized carbons (Fsp3) is 0.308. The molecule has 0 unspecified atom stereocenters. The van der Waals surface area contributed by atoms with E-state index >= 15 is 0 Å². The third kappa shape index (κ3) is 2.79. The predicted octanol–water partition coefficient (Wildman–Crippen LogP) is 4.33. The van der Waals surface area contributed by atoms with Crippen LogP contribution in [0.2, 0.25) is 5.02 Å². The number of thiazole rings is 1. The van der Waals surface area contributed by atoms with Crippen molar-refractivity contribution in [2.75, 3.05) is 5.32 Å². The molecule has 1 N–H and O–H groups in total. The van der Waals surface area contributed by atoms with E-state index in [4.69, 9.17) is 11.6 Å². The lowest BCUT2D eigenvalue weighted by Gasteiger charge is -2.10. The summed E-state index contributed by atoms with van der Waals surface area (Å²) in [6.45, 7) is 6.91. The lowest BCUT2D eigenvalue weighted by atomic mass is 10.2. The first-order chi connectivity index (χ1) is 8.08. The number of nitrogens with zero attached hydrogens (tertiary/aromatic N) is 1. The summed E-state index contributed by atoms with van der Waals surface area (Å²) in [5, 5.41) is 5.26. The monoisotopic (exact) mass is 266 g/mol. The van der Waals surface area contributed by atoms with E-state index in [9.17, 15) is 0 Å². The fourth-order valence-electron chi connectivity index (χ4n) is 1.76. The van der Waals surface area contributed by atoms with Crippen LogP contribution in [0.3, 0.4) is 0 Å². The van der Waals surface area contributed by atoms with Gasteiger partial charge in [-0.05, 0) is 32.4 Å². The minimum Gasteiger partial charge on any atom is -0.379 e. The Morgan fingerprint density at radius 3 is 2.65 bits per heavy atom. The first-order valence-corrected chi connectivity index (χ1v) is 6.69. The number of aryl methyl sites for hydroxylation is 3. The molecular formula is C13H15ClN2S. The van der Waals surface area contributed by atoms with Gasteiger partial charge in [0.15, 0.2) is 0 Å². The van der Waals surface area contributed by atoms with Crippen molar-refractivity contribution in [1.29, 1.82) is 0 Å². The van der Waals surface area contributed by atoms with E-state index in [1.54, 1.807) is 11.3 Å².